The minimum absolute atomic E-state index is 0.557. The molecule has 110 valence electrons. The van der Waals surface area contributed by atoms with E-state index in [1.54, 1.807) is 0 Å². The number of likely N-dealkylation sites (tertiary alicyclic amines) is 1. The molecule has 1 fully saturated rings. The minimum Gasteiger partial charge on any atom is -0.357 e. The topological polar surface area (TPSA) is 39.7 Å². The van der Waals surface area contributed by atoms with Crippen LogP contribution in [0, 0.1) is 5.92 Å². The molecule has 0 spiro atoms. The summed E-state index contributed by atoms with van der Waals surface area (Å²) in [4.78, 5) is 7.31. The number of nitrogens with zero attached hydrogens (tertiary/aromatic N) is 2. The zero-order valence-electron chi connectivity index (χ0n) is 12.8. The van der Waals surface area contributed by atoms with Gasteiger partial charge in [0.15, 0.2) is 5.96 Å². The minimum atomic E-state index is 0.557. The molecule has 0 radical (unpaired) electrons. The predicted octanol–water partition coefficient (Wildman–Crippen LogP) is 1.85. The van der Waals surface area contributed by atoms with Gasteiger partial charge in [0.2, 0.25) is 0 Å². The first-order valence-electron chi connectivity index (χ1n) is 7.56. The van der Waals surface area contributed by atoms with E-state index in [0.717, 1.165) is 25.6 Å². The fourth-order valence-electron chi connectivity index (χ4n) is 2.52. The van der Waals surface area contributed by atoms with Gasteiger partial charge in [-0.25, -0.2) is 0 Å². The van der Waals surface area contributed by atoms with Gasteiger partial charge in [-0.1, -0.05) is 19.9 Å². The second-order valence-corrected chi connectivity index (χ2v) is 5.44. The van der Waals surface area contributed by atoms with E-state index < -0.39 is 0 Å². The highest BCUT2D eigenvalue weighted by molar-refractivity contribution is 5.79. The van der Waals surface area contributed by atoms with Crippen LogP contribution >= 0.6 is 0 Å². The van der Waals surface area contributed by atoms with Crippen molar-refractivity contribution in [2.24, 2.45) is 10.9 Å². The van der Waals surface area contributed by atoms with Crippen molar-refractivity contribution in [3.8, 4) is 0 Å². The second-order valence-electron chi connectivity index (χ2n) is 5.44. The highest BCUT2D eigenvalue weighted by atomic mass is 15.2. The van der Waals surface area contributed by atoms with Crippen LogP contribution in [0.5, 0.6) is 0 Å². The molecule has 1 heterocycles. The van der Waals surface area contributed by atoms with Crippen molar-refractivity contribution in [3.63, 3.8) is 0 Å². The van der Waals surface area contributed by atoms with Gasteiger partial charge in [-0.2, -0.15) is 0 Å². The van der Waals surface area contributed by atoms with Gasteiger partial charge in [0, 0.05) is 19.1 Å². The average molecular weight is 266 g/mol. The van der Waals surface area contributed by atoms with Crippen LogP contribution in [0.15, 0.2) is 17.6 Å². The highest BCUT2D eigenvalue weighted by Gasteiger charge is 2.24. The molecule has 19 heavy (non-hydrogen) atoms. The first-order valence-corrected chi connectivity index (χ1v) is 7.56. The van der Waals surface area contributed by atoms with Crippen molar-refractivity contribution in [1.82, 2.24) is 15.5 Å². The Morgan fingerprint density at radius 1 is 1.32 bits per heavy atom. The molecule has 2 N–H and O–H groups in total. The van der Waals surface area contributed by atoms with Crippen LogP contribution in [-0.4, -0.2) is 49.6 Å². The van der Waals surface area contributed by atoms with E-state index in [4.69, 9.17) is 4.99 Å². The van der Waals surface area contributed by atoms with Crippen LogP contribution in [0.2, 0.25) is 0 Å². The molecule has 0 bridgehead atoms. The zero-order chi connectivity index (χ0) is 14.1. The van der Waals surface area contributed by atoms with Gasteiger partial charge < -0.3 is 10.6 Å². The molecule has 0 amide bonds. The standard InChI is InChI=1S/C15H30N4/c1-5-9-17-15(16-6-2)18-12-14(13(3)4)19-10-7-8-11-19/h5,13-14H,1,6-12H2,2-4H3,(H2,16,17,18). The summed E-state index contributed by atoms with van der Waals surface area (Å²) < 4.78 is 0. The quantitative estimate of drug-likeness (QED) is 0.420. The van der Waals surface area contributed by atoms with Crippen molar-refractivity contribution in [3.05, 3.63) is 12.7 Å². The smallest absolute Gasteiger partial charge is 0.191 e. The number of nitrogens with one attached hydrogen (secondary N) is 2. The maximum atomic E-state index is 4.72. The molecule has 4 heteroatoms. The lowest BCUT2D eigenvalue weighted by Crippen LogP contribution is -2.42. The average Bonchev–Trinajstić information content (AvgIpc) is 2.89. The molecule has 0 saturated carbocycles. The summed E-state index contributed by atoms with van der Waals surface area (Å²) in [5.74, 6) is 1.54. The summed E-state index contributed by atoms with van der Waals surface area (Å²) in [6.45, 7) is 15.4. The predicted molar refractivity (Wildman–Crippen MR) is 83.6 cm³/mol. The summed E-state index contributed by atoms with van der Waals surface area (Å²) in [6, 6.07) is 0.557. The lowest BCUT2D eigenvalue weighted by atomic mass is 10.0. The number of hydrogen-bond donors (Lipinski definition) is 2. The van der Waals surface area contributed by atoms with Crippen LogP contribution in [0.4, 0.5) is 0 Å². The molecular weight excluding hydrogens is 236 g/mol. The van der Waals surface area contributed by atoms with E-state index in [2.05, 4.69) is 42.9 Å². The molecule has 0 aromatic carbocycles. The number of rotatable bonds is 7. The summed E-state index contributed by atoms with van der Waals surface area (Å²) in [7, 11) is 0. The Balaban J connectivity index is 2.56. The number of guanidine groups is 1. The Hall–Kier alpha value is -1.03. The molecule has 1 saturated heterocycles. The Labute approximate surface area is 118 Å². The first kappa shape index (κ1) is 16.0. The van der Waals surface area contributed by atoms with Gasteiger partial charge in [0.05, 0.1) is 6.54 Å². The van der Waals surface area contributed by atoms with Crippen molar-refractivity contribution >= 4 is 5.96 Å². The number of hydrogen-bond acceptors (Lipinski definition) is 2. The van der Waals surface area contributed by atoms with Gasteiger partial charge in [-0.05, 0) is 38.8 Å². The molecule has 0 aromatic heterocycles. The fourth-order valence-corrected chi connectivity index (χ4v) is 2.52. The van der Waals surface area contributed by atoms with E-state index in [1.807, 2.05) is 6.08 Å². The van der Waals surface area contributed by atoms with Crippen molar-refractivity contribution in [2.75, 3.05) is 32.7 Å². The first-order chi connectivity index (χ1) is 9.19. The normalized spacial score (nSPS) is 18.6. The van der Waals surface area contributed by atoms with Gasteiger partial charge in [0.1, 0.15) is 0 Å². The van der Waals surface area contributed by atoms with E-state index >= 15 is 0 Å². The molecule has 1 atom stereocenters. The molecule has 0 aliphatic carbocycles. The Morgan fingerprint density at radius 3 is 2.53 bits per heavy atom. The third-order valence-corrected chi connectivity index (χ3v) is 3.57. The lowest BCUT2D eigenvalue weighted by molar-refractivity contribution is 0.197. The molecule has 1 aliphatic rings. The molecule has 1 aliphatic heterocycles. The molecule has 0 aromatic rings. The van der Waals surface area contributed by atoms with Crippen LogP contribution in [0.1, 0.15) is 33.6 Å². The van der Waals surface area contributed by atoms with Crippen LogP contribution in [0.25, 0.3) is 0 Å². The van der Waals surface area contributed by atoms with Crippen molar-refractivity contribution < 1.29 is 0 Å². The van der Waals surface area contributed by atoms with Gasteiger partial charge in [-0.15, -0.1) is 6.58 Å². The monoisotopic (exact) mass is 266 g/mol. The lowest BCUT2D eigenvalue weighted by Gasteiger charge is -2.29. The molecule has 1 unspecified atom stereocenters. The number of aliphatic imine (C=N–C) groups is 1. The van der Waals surface area contributed by atoms with E-state index in [9.17, 15) is 0 Å². The van der Waals surface area contributed by atoms with Gasteiger partial charge >= 0.3 is 0 Å². The van der Waals surface area contributed by atoms with E-state index in [0.29, 0.717) is 12.0 Å². The van der Waals surface area contributed by atoms with E-state index in [1.165, 1.54) is 25.9 Å². The van der Waals surface area contributed by atoms with Gasteiger partial charge in [0.25, 0.3) is 0 Å². The largest absolute Gasteiger partial charge is 0.357 e. The second kappa shape index (κ2) is 8.97. The van der Waals surface area contributed by atoms with Crippen molar-refractivity contribution in [2.45, 2.75) is 39.7 Å². The van der Waals surface area contributed by atoms with Crippen LogP contribution < -0.4 is 10.6 Å². The SMILES string of the molecule is C=CCNC(=NCC(C(C)C)N1CCCC1)NCC. The van der Waals surface area contributed by atoms with Crippen LogP contribution in [-0.2, 0) is 0 Å². The third kappa shape index (κ3) is 5.64. The third-order valence-electron chi connectivity index (χ3n) is 3.57. The summed E-state index contributed by atoms with van der Waals surface area (Å²) >= 11 is 0. The molecule has 4 nitrogen and oxygen atoms in total. The maximum Gasteiger partial charge on any atom is 0.191 e. The summed E-state index contributed by atoms with van der Waals surface area (Å²) in [6.07, 6.45) is 4.52. The Bertz CT molecular complexity index is 280. The summed E-state index contributed by atoms with van der Waals surface area (Å²) in [5.41, 5.74) is 0. The summed E-state index contributed by atoms with van der Waals surface area (Å²) in [5, 5.41) is 6.53. The molecular formula is C15H30N4. The van der Waals surface area contributed by atoms with Crippen LogP contribution in [0.3, 0.4) is 0 Å². The zero-order valence-corrected chi connectivity index (χ0v) is 12.8. The van der Waals surface area contributed by atoms with Crippen molar-refractivity contribution in [1.29, 1.82) is 0 Å². The maximum absolute atomic E-state index is 4.72. The molecule has 1 rings (SSSR count). The Morgan fingerprint density at radius 2 is 2.00 bits per heavy atom. The Kier molecular flexibility index (Phi) is 7.56. The highest BCUT2D eigenvalue weighted by Crippen LogP contribution is 2.17. The fraction of sp³-hybridized carbons (Fsp3) is 0.800. The van der Waals surface area contributed by atoms with E-state index in [-0.39, 0.29) is 0 Å². The van der Waals surface area contributed by atoms with Gasteiger partial charge in [-0.3, -0.25) is 9.89 Å².